The fourth-order valence-electron chi connectivity index (χ4n) is 4.09. The number of rotatable bonds is 5. The Balaban J connectivity index is 1.57. The molecule has 8 nitrogen and oxygen atoms in total. The number of alkyl halides is 3. The van der Waals surface area contributed by atoms with E-state index in [1.54, 1.807) is 18.1 Å². The number of piperidine rings is 1. The highest BCUT2D eigenvalue weighted by Gasteiger charge is 2.36. The molecule has 3 heterocycles. The van der Waals surface area contributed by atoms with Crippen LogP contribution in [0.1, 0.15) is 30.1 Å². The Morgan fingerprint density at radius 3 is 2.55 bits per heavy atom. The van der Waals surface area contributed by atoms with Gasteiger partial charge in [0.1, 0.15) is 0 Å². The van der Waals surface area contributed by atoms with Crippen LogP contribution < -0.4 is 10.6 Å². The fraction of sp³-hybridized carbons (Fsp3) is 0.722. The Labute approximate surface area is 167 Å². The molecule has 11 heteroatoms. The third-order valence-corrected chi connectivity index (χ3v) is 5.34. The first-order valence-corrected chi connectivity index (χ1v) is 9.69. The highest BCUT2D eigenvalue weighted by Crippen LogP contribution is 2.21. The lowest BCUT2D eigenvalue weighted by molar-refractivity contribution is -0.143. The molecule has 2 aliphatic rings. The number of hydrogen-bond acceptors (Lipinski definition) is 5. The quantitative estimate of drug-likeness (QED) is 0.725. The Morgan fingerprint density at radius 1 is 1.21 bits per heavy atom. The van der Waals surface area contributed by atoms with E-state index in [9.17, 15) is 22.8 Å². The van der Waals surface area contributed by atoms with Crippen LogP contribution in [0.2, 0.25) is 0 Å². The zero-order valence-corrected chi connectivity index (χ0v) is 16.6. The van der Waals surface area contributed by atoms with Crippen molar-refractivity contribution in [3.8, 4) is 0 Å². The highest BCUT2D eigenvalue weighted by molar-refractivity contribution is 5.93. The molecule has 2 fully saturated rings. The SMILES string of the molecule is CC(=O)N1C[C@@H](NC(=O)c2cnn(C)c2)C[C@@H](N[C@H]2CCN(CC(F)(F)F)C2)C1. The first-order valence-electron chi connectivity index (χ1n) is 9.69. The van der Waals surface area contributed by atoms with E-state index in [4.69, 9.17) is 0 Å². The van der Waals surface area contributed by atoms with Crippen LogP contribution in [0.15, 0.2) is 12.4 Å². The van der Waals surface area contributed by atoms with E-state index >= 15 is 0 Å². The van der Waals surface area contributed by atoms with Crippen molar-refractivity contribution in [2.75, 3.05) is 32.7 Å². The van der Waals surface area contributed by atoms with Crippen molar-refractivity contribution in [3.05, 3.63) is 18.0 Å². The van der Waals surface area contributed by atoms with Crippen LogP contribution in [-0.2, 0) is 11.8 Å². The van der Waals surface area contributed by atoms with Gasteiger partial charge >= 0.3 is 6.18 Å². The number of nitrogens with one attached hydrogen (secondary N) is 2. The van der Waals surface area contributed by atoms with Gasteiger partial charge in [-0.15, -0.1) is 0 Å². The third kappa shape index (κ3) is 6.17. The maximum Gasteiger partial charge on any atom is 0.401 e. The van der Waals surface area contributed by atoms with E-state index in [0.717, 1.165) is 0 Å². The van der Waals surface area contributed by atoms with Gasteiger partial charge < -0.3 is 15.5 Å². The molecule has 2 saturated heterocycles. The summed E-state index contributed by atoms with van der Waals surface area (Å²) in [5.74, 6) is -0.355. The number of amides is 2. The minimum atomic E-state index is -4.20. The first kappa shape index (κ1) is 21.6. The number of likely N-dealkylation sites (tertiary alicyclic amines) is 2. The predicted octanol–water partition coefficient (Wildman–Crippen LogP) is 0.366. The van der Waals surface area contributed by atoms with E-state index < -0.39 is 12.7 Å². The second-order valence-corrected chi connectivity index (χ2v) is 7.93. The van der Waals surface area contributed by atoms with Crippen molar-refractivity contribution in [1.29, 1.82) is 0 Å². The van der Waals surface area contributed by atoms with Gasteiger partial charge in [0.05, 0.1) is 18.3 Å². The number of hydrogen-bond donors (Lipinski definition) is 2. The van der Waals surface area contributed by atoms with Crippen molar-refractivity contribution < 1.29 is 22.8 Å². The van der Waals surface area contributed by atoms with Crippen LogP contribution in [0.5, 0.6) is 0 Å². The van der Waals surface area contributed by atoms with Gasteiger partial charge in [-0.2, -0.15) is 18.3 Å². The van der Waals surface area contributed by atoms with Crippen molar-refractivity contribution in [2.24, 2.45) is 7.05 Å². The summed E-state index contributed by atoms with van der Waals surface area (Å²) in [4.78, 5) is 27.4. The van der Waals surface area contributed by atoms with Crippen LogP contribution in [-0.4, -0.2) is 88.4 Å². The molecular weight excluding hydrogens is 389 g/mol. The second-order valence-electron chi connectivity index (χ2n) is 7.93. The molecule has 3 atom stereocenters. The van der Waals surface area contributed by atoms with E-state index in [1.165, 1.54) is 22.7 Å². The maximum absolute atomic E-state index is 12.6. The van der Waals surface area contributed by atoms with Gasteiger partial charge in [0.25, 0.3) is 5.91 Å². The van der Waals surface area contributed by atoms with E-state index in [2.05, 4.69) is 15.7 Å². The number of halogens is 3. The normalized spacial score (nSPS) is 26.0. The minimum Gasteiger partial charge on any atom is -0.347 e. The van der Waals surface area contributed by atoms with Gasteiger partial charge in [0.2, 0.25) is 5.91 Å². The Kier molecular flexibility index (Phi) is 6.47. The molecule has 2 amide bonds. The van der Waals surface area contributed by atoms with Gasteiger partial charge in [0, 0.05) is 64.5 Å². The average molecular weight is 416 g/mol. The molecule has 0 aliphatic carbocycles. The first-order chi connectivity index (χ1) is 13.6. The maximum atomic E-state index is 12.6. The van der Waals surface area contributed by atoms with Crippen LogP contribution in [0.3, 0.4) is 0 Å². The summed E-state index contributed by atoms with van der Waals surface area (Å²) < 4.78 is 39.3. The summed E-state index contributed by atoms with van der Waals surface area (Å²) in [7, 11) is 1.72. The summed E-state index contributed by atoms with van der Waals surface area (Å²) >= 11 is 0. The number of aryl methyl sites for hydroxylation is 1. The standard InChI is InChI=1S/C18H27F3N6O2/c1-12(28)27-9-15(23-14-3-4-26(8-14)11-18(19,20)21)5-16(10-27)24-17(29)13-6-22-25(2)7-13/h6-7,14-16,23H,3-5,8-11H2,1-2H3,(H,24,29)/t14-,15+,16-/m0/s1. The topological polar surface area (TPSA) is 82.5 Å². The summed E-state index contributed by atoms with van der Waals surface area (Å²) in [6, 6.07) is -0.405. The number of aromatic nitrogens is 2. The molecule has 0 aromatic carbocycles. The smallest absolute Gasteiger partial charge is 0.347 e. The molecule has 0 unspecified atom stereocenters. The lowest BCUT2D eigenvalue weighted by Gasteiger charge is -2.39. The Bertz CT molecular complexity index is 737. The molecule has 0 saturated carbocycles. The van der Waals surface area contributed by atoms with Crippen LogP contribution in [0, 0.1) is 0 Å². The molecule has 2 N–H and O–H groups in total. The molecule has 3 rings (SSSR count). The molecular formula is C18H27F3N6O2. The number of carbonyl (C=O) groups excluding carboxylic acids is 2. The zero-order valence-electron chi connectivity index (χ0n) is 16.6. The van der Waals surface area contributed by atoms with Gasteiger partial charge in [-0.3, -0.25) is 19.2 Å². The van der Waals surface area contributed by atoms with Crippen molar-refractivity contribution in [3.63, 3.8) is 0 Å². The lowest BCUT2D eigenvalue weighted by Crippen LogP contribution is -2.58. The molecule has 162 valence electrons. The molecule has 0 bridgehead atoms. The second kappa shape index (κ2) is 8.70. The predicted molar refractivity (Wildman–Crippen MR) is 99.2 cm³/mol. The summed E-state index contributed by atoms with van der Waals surface area (Å²) in [5, 5.41) is 10.3. The third-order valence-electron chi connectivity index (χ3n) is 5.34. The van der Waals surface area contributed by atoms with Gasteiger partial charge in [-0.1, -0.05) is 0 Å². The van der Waals surface area contributed by atoms with Crippen molar-refractivity contribution >= 4 is 11.8 Å². The van der Waals surface area contributed by atoms with Crippen LogP contribution in [0.25, 0.3) is 0 Å². The fourth-order valence-corrected chi connectivity index (χ4v) is 4.09. The summed E-state index contributed by atoms with van der Waals surface area (Å²) in [5.41, 5.74) is 0.440. The van der Waals surface area contributed by atoms with Gasteiger partial charge in [0.15, 0.2) is 0 Å². The Hall–Kier alpha value is -2.14. The van der Waals surface area contributed by atoms with Crippen LogP contribution in [0.4, 0.5) is 13.2 Å². The van der Waals surface area contributed by atoms with Crippen molar-refractivity contribution in [1.82, 2.24) is 30.2 Å². The zero-order chi connectivity index (χ0) is 21.2. The summed E-state index contributed by atoms with van der Waals surface area (Å²) in [6.07, 6.45) is 0.118. The minimum absolute atomic E-state index is 0.0658. The monoisotopic (exact) mass is 416 g/mol. The van der Waals surface area contributed by atoms with Gasteiger partial charge in [-0.05, 0) is 12.8 Å². The largest absolute Gasteiger partial charge is 0.401 e. The highest BCUT2D eigenvalue weighted by atomic mass is 19.4. The molecule has 0 spiro atoms. The number of nitrogens with zero attached hydrogens (tertiary/aromatic N) is 4. The molecule has 2 aliphatic heterocycles. The lowest BCUT2D eigenvalue weighted by atomic mass is 9.99. The van der Waals surface area contributed by atoms with Crippen molar-refractivity contribution in [2.45, 2.75) is 44.1 Å². The molecule has 29 heavy (non-hydrogen) atoms. The average Bonchev–Trinajstić information content (AvgIpc) is 3.22. The molecule has 1 aromatic heterocycles. The van der Waals surface area contributed by atoms with E-state index in [1.807, 2.05) is 0 Å². The molecule has 0 radical (unpaired) electrons. The Morgan fingerprint density at radius 2 is 1.93 bits per heavy atom. The number of carbonyl (C=O) groups is 2. The van der Waals surface area contributed by atoms with Crippen LogP contribution >= 0.6 is 0 Å². The van der Waals surface area contributed by atoms with Gasteiger partial charge in [-0.25, -0.2) is 0 Å². The van der Waals surface area contributed by atoms with E-state index in [0.29, 0.717) is 44.6 Å². The summed E-state index contributed by atoms with van der Waals surface area (Å²) in [6.45, 7) is 2.17. The molecule has 1 aromatic rings. The van der Waals surface area contributed by atoms with E-state index in [-0.39, 0.29) is 29.9 Å².